The highest BCUT2D eigenvalue weighted by Gasteiger charge is 2.36. The average molecular weight is 458 g/mol. The molecule has 0 saturated carbocycles. The van der Waals surface area contributed by atoms with Crippen LogP contribution in [0.5, 0.6) is 5.75 Å². The van der Waals surface area contributed by atoms with Crippen LogP contribution in [0.2, 0.25) is 5.02 Å². The van der Waals surface area contributed by atoms with Crippen molar-refractivity contribution < 1.29 is 14.7 Å². The number of thioether (sulfide) groups is 1. The number of phenolic OH excluding ortho intramolecular Hbond substituents is 1. The fraction of sp³-hybridized carbons (Fsp3) is 0. The van der Waals surface area contributed by atoms with Crippen LogP contribution in [0.25, 0.3) is 6.08 Å². The van der Waals surface area contributed by atoms with Gasteiger partial charge < -0.3 is 5.11 Å². The number of anilines is 1. The molecule has 1 saturated heterocycles. The monoisotopic (exact) mass is 457 g/mol. The molecule has 2 aromatic carbocycles. The Kier molecular flexibility index (Phi) is 4.65. The van der Waals surface area contributed by atoms with E-state index < -0.39 is 0 Å². The molecule has 4 nitrogen and oxygen atoms in total. The number of halogens is 2. The lowest BCUT2D eigenvalue weighted by Gasteiger charge is -2.12. The van der Waals surface area contributed by atoms with Gasteiger partial charge >= 0.3 is 0 Å². The quantitative estimate of drug-likeness (QED) is 0.515. The second kappa shape index (κ2) is 6.54. The van der Waals surface area contributed by atoms with Crippen molar-refractivity contribution in [3.63, 3.8) is 0 Å². The smallest absolute Gasteiger partial charge is 0.298 e. The Hall–Kier alpha value is -1.51. The minimum atomic E-state index is -0.370. The summed E-state index contributed by atoms with van der Waals surface area (Å²) in [5, 5.41) is 9.73. The zero-order valence-corrected chi connectivity index (χ0v) is 15.2. The highest BCUT2D eigenvalue weighted by molar-refractivity contribution is 14.1. The van der Waals surface area contributed by atoms with E-state index >= 15 is 0 Å². The van der Waals surface area contributed by atoms with Gasteiger partial charge in [0.05, 0.1) is 14.2 Å². The summed E-state index contributed by atoms with van der Waals surface area (Å²) in [7, 11) is 0. The zero-order chi connectivity index (χ0) is 16.6. The van der Waals surface area contributed by atoms with Gasteiger partial charge in [0.15, 0.2) is 0 Å². The van der Waals surface area contributed by atoms with Crippen molar-refractivity contribution in [2.75, 3.05) is 4.90 Å². The Balaban J connectivity index is 1.92. The molecule has 0 aliphatic carbocycles. The van der Waals surface area contributed by atoms with Gasteiger partial charge in [-0.15, -0.1) is 0 Å². The second-order valence-corrected chi connectivity index (χ2v) is 7.30. The van der Waals surface area contributed by atoms with E-state index in [1.165, 1.54) is 0 Å². The molecule has 2 aromatic rings. The number of aromatic hydroxyl groups is 1. The van der Waals surface area contributed by atoms with E-state index in [4.69, 9.17) is 11.6 Å². The average Bonchev–Trinajstić information content (AvgIpc) is 2.79. The van der Waals surface area contributed by atoms with Gasteiger partial charge in [-0.1, -0.05) is 17.7 Å². The van der Waals surface area contributed by atoms with Crippen molar-refractivity contribution >= 4 is 68.9 Å². The molecule has 0 unspecified atom stereocenters. The summed E-state index contributed by atoms with van der Waals surface area (Å²) in [6.45, 7) is 0. The number of hydrogen-bond donors (Lipinski definition) is 1. The summed E-state index contributed by atoms with van der Waals surface area (Å²) in [6, 6.07) is 11.5. The maximum absolute atomic E-state index is 12.5. The lowest BCUT2D eigenvalue weighted by atomic mass is 10.2. The SMILES string of the molecule is O=C1S/C(=C\c2ccc(O)c(I)c2)C(=O)N1c1ccc(Cl)cc1. The van der Waals surface area contributed by atoms with Crippen LogP contribution in [-0.2, 0) is 4.79 Å². The molecule has 1 heterocycles. The van der Waals surface area contributed by atoms with Crippen molar-refractivity contribution in [3.8, 4) is 5.75 Å². The predicted octanol–water partition coefficient (Wildman–Crippen LogP) is 4.89. The molecular formula is C16H9ClINO3S. The van der Waals surface area contributed by atoms with Gasteiger partial charge in [-0.2, -0.15) is 0 Å². The molecule has 0 bridgehead atoms. The van der Waals surface area contributed by atoms with Gasteiger partial charge in [-0.3, -0.25) is 9.59 Å². The summed E-state index contributed by atoms with van der Waals surface area (Å²) in [5.41, 5.74) is 1.23. The lowest BCUT2D eigenvalue weighted by molar-refractivity contribution is -0.113. The van der Waals surface area contributed by atoms with Crippen LogP contribution in [0.3, 0.4) is 0 Å². The first-order valence-corrected chi connectivity index (χ1v) is 8.75. The highest BCUT2D eigenvalue weighted by atomic mass is 127. The van der Waals surface area contributed by atoms with Gasteiger partial charge in [0.2, 0.25) is 0 Å². The number of hydrogen-bond acceptors (Lipinski definition) is 4. The van der Waals surface area contributed by atoms with Gasteiger partial charge in [0.25, 0.3) is 11.1 Å². The maximum Gasteiger partial charge on any atom is 0.298 e. The van der Waals surface area contributed by atoms with Crippen molar-refractivity contribution in [2.24, 2.45) is 0 Å². The molecule has 1 N–H and O–H groups in total. The second-order valence-electron chi connectivity index (χ2n) is 4.70. The Labute approximate surface area is 155 Å². The molecule has 23 heavy (non-hydrogen) atoms. The molecule has 116 valence electrons. The fourth-order valence-corrected chi connectivity index (χ4v) is 3.55. The van der Waals surface area contributed by atoms with E-state index in [2.05, 4.69) is 0 Å². The van der Waals surface area contributed by atoms with E-state index in [0.29, 0.717) is 19.2 Å². The van der Waals surface area contributed by atoms with Crippen LogP contribution >= 0.6 is 46.0 Å². The van der Waals surface area contributed by atoms with Crippen molar-refractivity contribution in [3.05, 3.63) is 61.5 Å². The van der Waals surface area contributed by atoms with Gasteiger partial charge in [-0.25, -0.2) is 4.90 Å². The summed E-state index contributed by atoms with van der Waals surface area (Å²) < 4.78 is 0.674. The van der Waals surface area contributed by atoms with E-state index in [-0.39, 0.29) is 16.9 Å². The van der Waals surface area contributed by atoms with E-state index in [0.717, 1.165) is 22.2 Å². The van der Waals surface area contributed by atoms with Crippen LogP contribution in [0.4, 0.5) is 10.5 Å². The lowest BCUT2D eigenvalue weighted by Crippen LogP contribution is -2.27. The molecule has 0 spiro atoms. The maximum atomic E-state index is 12.5. The predicted molar refractivity (Wildman–Crippen MR) is 101 cm³/mol. The third-order valence-corrected chi connectivity index (χ3v) is 5.13. The molecule has 7 heteroatoms. The fourth-order valence-electron chi connectivity index (χ4n) is 2.04. The standard InChI is InChI=1S/C16H9ClINO3S/c17-10-2-4-11(5-3-10)19-15(21)14(23-16(19)22)8-9-1-6-13(20)12(18)7-9/h1-8,20H/b14-8-. The first kappa shape index (κ1) is 16.4. The summed E-state index contributed by atoms with van der Waals surface area (Å²) in [4.78, 5) is 26.1. The Morgan fingerprint density at radius 2 is 1.83 bits per heavy atom. The van der Waals surface area contributed by atoms with Crippen LogP contribution in [-0.4, -0.2) is 16.3 Å². The number of carbonyl (C=O) groups excluding carboxylic acids is 2. The Morgan fingerprint density at radius 1 is 1.13 bits per heavy atom. The first-order valence-electron chi connectivity index (χ1n) is 6.48. The van der Waals surface area contributed by atoms with E-state index in [1.807, 2.05) is 22.6 Å². The molecule has 0 radical (unpaired) electrons. The summed E-state index contributed by atoms with van der Waals surface area (Å²) >= 11 is 8.72. The molecule has 0 aromatic heterocycles. The summed E-state index contributed by atoms with van der Waals surface area (Å²) in [5.74, 6) is -0.192. The number of rotatable bonds is 2. The van der Waals surface area contributed by atoms with Gasteiger partial charge in [0, 0.05) is 5.02 Å². The van der Waals surface area contributed by atoms with E-state index in [1.54, 1.807) is 48.5 Å². The van der Waals surface area contributed by atoms with Gasteiger partial charge in [0.1, 0.15) is 5.75 Å². The molecule has 1 fully saturated rings. The van der Waals surface area contributed by atoms with Crippen LogP contribution < -0.4 is 4.90 Å². The Bertz CT molecular complexity index is 836. The van der Waals surface area contributed by atoms with Crippen LogP contribution in [0, 0.1) is 3.57 Å². The molecule has 0 atom stereocenters. The minimum absolute atomic E-state index is 0.178. The molecule has 2 amide bonds. The number of phenols is 1. The first-order chi connectivity index (χ1) is 11.0. The van der Waals surface area contributed by atoms with E-state index in [9.17, 15) is 14.7 Å². The van der Waals surface area contributed by atoms with Gasteiger partial charge in [-0.05, 0) is 82.4 Å². The highest BCUT2D eigenvalue weighted by Crippen LogP contribution is 2.36. The normalized spacial score (nSPS) is 16.4. The number of benzene rings is 2. The number of amides is 2. The van der Waals surface area contributed by atoms with Crippen molar-refractivity contribution in [2.45, 2.75) is 0 Å². The minimum Gasteiger partial charge on any atom is -0.507 e. The number of nitrogens with zero attached hydrogens (tertiary/aromatic N) is 1. The van der Waals surface area contributed by atoms with Crippen molar-refractivity contribution in [1.29, 1.82) is 0 Å². The zero-order valence-electron chi connectivity index (χ0n) is 11.5. The Morgan fingerprint density at radius 3 is 2.48 bits per heavy atom. The van der Waals surface area contributed by atoms with Crippen LogP contribution in [0.15, 0.2) is 47.4 Å². The summed E-state index contributed by atoms with van der Waals surface area (Å²) in [6.07, 6.45) is 1.64. The van der Waals surface area contributed by atoms with Crippen LogP contribution in [0.1, 0.15) is 5.56 Å². The van der Waals surface area contributed by atoms with Crippen molar-refractivity contribution in [1.82, 2.24) is 0 Å². The number of imide groups is 1. The molecule has 3 rings (SSSR count). The third kappa shape index (κ3) is 3.39. The molecular weight excluding hydrogens is 449 g/mol. The molecule has 1 aliphatic rings. The third-order valence-electron chi connectivity index (χ3n) is 3.15. The number of carbonyl (C=O) groups is 2. The molecule has 1 aliphatic heterocycles. The topological polar surface area (TPSA) is 57.6 Å². The largest absolute Gasteiger partial charge is 0.507 e.